The number of hydrogen-bond acceptors (Lipinski definition) is 26. The average Bonchev–Trinajstić information content (AvgIpc) is 3.91. The predicted octanol–water partition coefficient (Wildman–Crippen LogP) is -9.87. The summed E-state index contributed by atoms with van der Waals surface area (Å²) >= 11 is 5.29. The second-order valence-electron chi connectivity index (χ2n) is 12.8. The molecule has 4 aliphatic heterocycles. The van der Waals surface area contributed by atoms with Crippen molar-refractivity contribution in [3.8, 4) is 11.5 Å². The van der Waals surface area contributed by atoms with Crippen LogP contribution >= 0.6 is 69.7 Å². The number of rotatable bonds is 12. The largest absolute Gasteiger partial charge is 1.00 e. The number of nitrogens with two attached hydrogens (primary N) is 2. The number of nitrogen functional groups attached to an aromatic ring is 2. The summed E-state index contributed by atoms with van der Waals surface area (Å²) in [7, 11) is 0. The van der Waals surface area contributed by atoms with Gasteiger partial charge in [0.25, 0.3) is 23.6 Å². The monoisotopic (exact) mass is 1040 g/mol. The van der Waals surface area contributed by atoms with Crippen molar-refractivity contribution in [3.63, 3.8) is 0 Å². The molecule has 34 heteroatoms. The maximum absolute atomic E-state index is 12.7. The predicted molar refractivity (Wildman–Crippen MR) is 222 cm³/mol. The summed E-state index contributed by atoms with van der Waals surface area (Å²) in [6.07, 6.45) is 0. The van der Waals surface area contributed by atoms with Crippen molar-refractivity contribution < 1.29 is 119 Å². The minimum atomic E-state index is -1.47. The summed E-state index contributed by atoms with van der Waals surface area (Å²) in [6.45, 7) is 0. The molecule has 66 heavy (non-hydrogen) atoms. The van der Waals surface area contributed by atoms with E-state index in [1.165, 1.54) is 10.8 Å². The Balaban J connectivity index is 0.000000240. The molecular weight excluding hydrogens is 1020 g/mol. The van der Waals surface area contributed by atoms with E-state index >= 15 is 0 Å². The molecule has 0 unspecified atom stereocenters. The van der Waals surface area contributed by atoms with Crippen LogP contribution in [0, 0.1) is 0 Å². The molecule has 0 aliphatic carbocycles. The molecule has 4 aliphatic rings. The number of hydrogen-bond donors (Lipinski definition) is 8. The number of amides is 4. The number of carbonyl (C=O) groups is 6. The van der Waals surface area contributed by atoms with Crippen molar-refractivity contribution in [2.24, 2.45) is 10.3 Å². The Kier molecular flexibility index (Phi) is 16.3. The van der Waals surface area contributed by atoms with Gasteiger partial charge in [-0.25, -0.2) is 19.6 Å². The van der Waals surface area contributed by atoms with Crippen LogP contribution in [-0.4, -0.2) is 122 Å². The molecule has 4 atom stereocenters. The fraction of sp³-hybridized carbons (Fsp3) is 0.188. The zero-order valence-electron chi connectivity index (χ0n) is 32.9. The molecule has 4 aromatic rings. The van der Waals surface area contributed by atoms with Crippen LogP contribution in [0.2, 0.25) is 0 Å². The quantitative estimate of drug-likeness (QED) is 0.0163. The van der Waals surface area contributed by atoms with Gasteiger partial charge >= 0.3 is 71.1 Å². The number of carboxylic acids is 2. The molecule has 2 aromatic carbocycles. The van der Waals surface area contributed by atoms with E-state index in [0.717, 1.165) is 56.0 Å². The SMILES string of the molecule is Nc1nc(/C(=N/O)C(=O)N[C@@H]2C(=O)N3C(C(=O)O)=C(Sc4c([O-])c(=O)c4=O)CS[C@H]23)cs1.Nc1nc(/C(=N/O)C(=O)N[C@@H]2C(=O)N3C(C(=O)O)=C(Sc4c([O-])c(=O)c4=O)CS[C@H]23)cs1.[Na+].[Na+]. The van der Waals surface area contributed by atoms with Gasteiger partial charge < -0.3 is 52.9 Å². The van der Waals surface area contributed by atoms with E-state index in [9.17, 15) is 68.4 Å². The minimum Gasteiger partial charge on any atom is -0.869 e. The molecule has 0 saturated carbocycles. The van der Waals surface area contributed by atoms with Gasteiger partial charge in [-0.3, -0.25) is 48.2 Å². The number of thiazole rings is 2. The van der Waals surface area contributed by atoms with Crippen molar-refractivity contribution in [2.45, 2.75) is 32.6 Å². The number of aromatic nitrogens is 2. The number of carbonyl (C=O) groups excluding carboxylic acids is 4. The Bertz CT molecular complexity index is 2830. The molecule has 10 N–H and O–H groups in total. The maximum Gasteiger partial charge on any atom is 1.00 e. The normalized spacial score (nSPS) is 20.2. The van der Waals surface area contributed by atoms with E-state index in [4.69, 9.17) is 21.9 Å². The second-order valence-corrected chi connectivity index (χ2v) is 19.0. The van der Waals surface area contributed by atoms with Gasteiger partial charge in [-0.1, -0.05) is 33.8 Å². The first kappa shape index (κ1) is 52.2. The first-order valence-corrected chi connectivity index (χ1v) is 22.5. The van der Waals surface area contributed by atoms with Crippen LogP contribution < -0.4 is 113 Å². The Morgan fingerprint density at radius 2 is 1.02 bits per heavy atom. The van der Waals surface area contributed by atoms with Crippen LogP contribution in [0.1, 0.15) is 11.4 Å². The second kappa shape index (κ2) is 20.6. The van der Waals surface area contributed by atoms with E-state index < -0.39 is 124 Å². The molecule has 2 fully saturated rings. The number of anilines is 2. The van der Waals surface area contributed by atoms with Crippen molar-refractivity contribution >= 4 is 127 Å². The third kappa shape index (κ3) is 9.28. The minimum absolute atomic E-state index is 0. The summed E-state index contributed by atoms with van der Waals surface area (Å²) < 4.78 is 0. The van der Waals surface area contributed by atoms with Gasteiger partial charge in [0, 0.05) is 32.1 Å². The van der Waals surface area contributed by atoms with Crippen LogP contribution in [0.25, 0.3) is 0 Å². The summed E-state index contributed by atoms with van der Waals surface area (Å²) in [5.74, 6) is -8.28. The van der Waals surface area contributed by atoms with Crippen LogP contribution in [0.5, 0.6) is 11.5 Å². The fourth-order valence-corrected chi connectivity index (χ4v) is 12.3. The molecule has 6 heterocycles. The molecular formula is C32H20N10Na2O16S6. The summed E-state index contributed by atoms with van der Waals surface area (Å²) in [5, 5.41) is 72.7. The number of nitrogens with zero attached hydrogens (tertiary/aromatic N) is 6. The third-order valence-electron chi connectivity index (χ3n) is 9.10. The smallest absolute Gasteiger partial charge is 0.869 e. The number of aliphatic carboxylic acids is 2. The molecule has 2 saturated heterocycles. The van der Waals surface area contributed by atoms with Gasteiger partial charge in [-0.15, -0.1) is 46.2 Å². The molecule has 2 aromatic heterocycles. The molecule has 332 valence electrons. The number of nitrogens with one attached hydrogen (secondary N) is 2. The maximum atomic E-state index is 12.7. The number of oxime groups is 2. The Morgan fingerprint density at radius 3 is 1.29 bits per heavy atom. The van der Waals surface area contributed by atoms with E-state index in [1.807, 2.05) is 0 Å². The molecule has 0 bridgehead atoms. The van der Waals surface area contributed by atoms with Crippen molar-refractivity contribution in [3.05, 3.63) is 84.2 Å². The van der Waals surface area contributed by atoms with Gasteiger partial charge in [0.05, 0.1) is 9.79 Å². The molecule has 8 rings (SSSR count). The van der Waals surface area contributed by atoms with Gasteiger partial charge in [0.2, 0.25) is 21.7 Å². The fourth-order valence-electron chi connectivity index (χ4n) is 6.11. The Labute approximate surface area is 433 Å². The van der Waals surface area contributed by atoms with E-state index in [-0.39, 0.29) is 102 Å². The van der Waals surface area contributed by atoms with Gasteiger partial charge in [0.15, 0.2) is 21.7 Å². The Morgan fingerprint density at radius 1 is 0.667 bits per heavy atom. The zero-order valence-corrected chi connectivity index (χ0v) is 41.8. The zero-order chi connectivity index (χ0) is 46.6. The summed E-state index contributed by atoms with van der Waals surface area (Å²) in [6, 6.07) is -2.25. The molecule has 4 amide bonds. The van der Waals surface area contributed by atoms with Crippen LogP contribution in [0.3, 0.4) is 0 Å². The first-order valence-electron chi connectivity index (χ1n) is 17.0. The standard InChI is InChI=1S/2C16H11N5O8S3.2Na/c2*17-16-18-3(1-31-16)5(20-29)12(25)19-6-13(26)21-7(15(27)28)4(2-30-14(6)21)32-11-9(23)8(22)10(11)24;;/h2*1,6,14,23,29H,2H2,(H2,17,18)(H,19,25)(H,27,28);;/q;;2*+1/p-2/b2*20-5-;;/t2*6-,14-;;/m11../s1. The molecule has 0 radical (unpaired) electrons. The molecule has 0 spiro atoms. The Hall–Kier alpha value is -4.74. The topological polar surface area (TPSA) is 431 Å². The van der Waals surface area contributed by atoms with Gasteiger partial charge in [0.1, 0.15) is 45.6 Å². The van der Waals surface area contributed by atoms with Crippen LogP contribution in [-0.2, 0) is 28.8 Å². The average molecular weight is 1040 g/mol. The third-order valence-corrected chi connectivity index (χ3v) is 15.7. The molecule has 26 nitrogen and oxygen atoms in total. The van der Waals surface area contributed by atoms with Crippen molar-refractivity contribution in [2.75, 3.05) is 23.0 Å². The van der Waals surface area contributed by atoms with Crippen molar-refractivity contribution in [1.29, 1.82) is 0 Å². The van der Waals surface area contributed by atoms with E-state index in [1.54, 1.807) is 0 Å². The number of carboxylic acid groups (broad SMARTS) is 2. The van der Waals surface area contributed by atoms with Gasteiger partial charge in [-0.05, 0) is 11.5 Å². The summed E-state index contributed by atoms with van der Waals surface area (Å²) in [5.41, 5.74) is 4.84. The number of β-lactam (4-membered cyclic amide) rings is 2. The van der Waals surface area contributed by atoms with E-state index in [0.29, 0.717) is 23.5 Å². The summed E-state index contributed by atoms with van der Waals surface area (Å²) in [4.78, 5) is 128. The van der Waals surface area contributed by atoms with Gasteiger partial charge in [-0.2, -0.15) is 0 Å². The van der Waals surface area contributed by atoms with Crippen molar-refractivity contribution in [1.82, 2.24) is 30.4 Å². The number of thioether (sulfide) groups is 4. The van der Waals surface area contributed by atoms with Crippen LogP contribution in [0.15, 0.2) is 71.2 Å². The number of fused-ring (bicyclic) bond motifs is 2. The van der Waals surface area contributed by atoms with E-state index in [2.05, 4.69) is 30.9 Å². The first-order chi connectivity index (χ1) is 30.3. The van der Waals surface area contributed by atoms with Crippen LogP contribution in [0.4, 0.5) is 10.3 Å².